The van der Waals surface area contributed by atoms with E-state index in [0.717, 1.165) is 0 Å². The standard InChI is InChI=1S/C4H9NO2.C2H6/c1-5(2)4(6)7-3;1-2/h1-3H3;1-2H3. The number of rotatable bonds is 0. The van der Waals surface area contributed by atoms with E-state index < -0.39 is 0 Å². The van der Waals surface area contributed by atoms with Gasteiger partial charge in [0.25, 0.3) is 0 Å². The zero-order chi connectivity index (χ0) is 7.86. The third-order valence-electron chi connectivity index (χ3n) is 0.540. The van der Waals surface area contributed by atoms with Crippen LogP contribution in [-0.2, 0) is 4.74 Å². The molecule has 0 fully saturated rings. The van der Waals surface area contributed by atoms with Gasteiger partial charge >= 0.3 is 6.09 Å². The highest BCUT2D eigenvalue weighted by molar-refractivity contribution is 5.66. The lowest BCUT2D eigenvalue weighted by molar-refractivity contribution is 0.141. The molecule has 1 amide bonds. The number of ether oxygens (including phenoxy) is 1. The molecule has 9 heavy (non-hydrogen) atoms. The first-order valence-electron chi connectivity index (χ1n) is 2.93. The third-order valence-corrected chi connectivity index (χ3v) is 0.540. The van der Waals surface area contributed by atoms with Gasteiger partial charge in [-0.05, 0) is 0 Å². The van der Waals surface area contributed by atoms with Gasteiger partial charge in [0.15, 0.2) is 0 Å². The minimum Gasteiger partial charge on any atom is -0.453 e. The fraction of sp³-hybridized carbons (Fsp3) is 0.833. The molecule has 3 heteroatoms. The van der Waals surface area contributed by atoms with E-state index in [1.165, 1.54) is 12.0 Å². The lowest BCUT2D eigenvalue weighted by Crippen LogP contribution is -2.20. The quantitative estimate of drug-likeness (QED) is 0.499. The van der Waals surface area contributed by atoms with Crippen molar-refractivity contribution in [1.29, 1.82) is 0 Å². The maximum Gasteiger partial charge on any atom is 0.408 e. The van der Waals surface area contributed by atoms with Gasteiger partial charge in [0, 0.05) is 14.1 Å². The molecule has 3 nitrogen and oxygen atoms in total. The van der Waals surface area contributed by atoms with E-state index in [1.54, 1.807) is 14.1 Å². The Morgan fingerprint density at radius 3 is 1.67 bits per heavy atom. The SMILES string of the molecule is CC.COC(=O)N(C)C. The Labute approximate surface area is 56.6 Å². The summed E-state index contributed by atoms with van der Waals surface area (Å²) in [5.74, 6) is 0. The molecule has 0 heterocycles. The molecule has 0 unspecified atom stereocenters. The number of methoxy groups -OCH3 is 1. The van der Waals surface area contributed by atoms with Crippen LogP contribution in [0.25, 0.3) is 0 Å². The van der Waals surface area contributed by atoms with Crippen LogP contribution in [0.15, 0.2) is 0 Å². The number of carbonyl (C=O) groups excluding carboxylic acids is 1. The Bertz CT molecular complexity index is 71.5. The van der Waals surface area contributed by atoms with E-state index in [2.05, 4.69) is 4.74 Å². The first-order valence-corrected chi connectivity index (χ1v) is 2.93. The molecule has 0 bridgehead atoms. The molecule has 0 saturated heterocycles. The number of hydrogen-bond acceptors (Lipinski definition) is 2. The predicted octanol–water partition coefficient (Wildman–Crippen LogP) is 1.34. The molecule has 0 aromatic heterocycles. The van der Waals surface area contributed by atoms with Crippen LogP contribution in [0.5, 0.6) is 0 Å². The van der Waals surface area contributed by atoms with Crippen LogP contribution in [0.3, 0.4) is 0 Å². The Kier molecular flexibility index (Phi) is 8.98. The molecule has 0 N–H and O–H groups in total. The van der Waals surface area contributed by atoms with Gasteiger partial charge in [0.05, 0.1) is 7.11 Å². The maximum absolute atomic E-state index is 10.2. The van der Waals surface area contributed by atoms with E-state index in [9.17, 15) is 4.79 Å². The largest absolute Gasteiger partial charge is 0.453 e. The van der Waals surface area contributed by atoms with Crippen LogP contribution in [-0.4, -0.2) is 32.2 Å². The summed E-state index contributed by atoms with van der Waals surface area (Å²) in [5.41, 5.74) is 0. The fourth-order valence-corrected chi connectivity index (χ4v) is 0.183. The molecule has 0 radical (unpaired) electrons. The van der Waals surface area contributed by atoms with Crippen LogP contribution >= 0.6 is 0 Å². The van der Waals surface area contributed by atoms with Gasteiger partial charge in [-0.15, -0.1) is 0 Å². The summed E-state index contributed by atoms with van der Waals surface area (Å²) in [7, 11) is 4.61. The summed E-state index contributed by atoms with van der Waals surface area (Å²) in [5, 5.41) is 0. The van der Waals surface area contributed by atoms with E-state index in [-0.39, 0.29) is 6.09 Å². The molecule has 0 aliphatic heterocycles. The lowest BCUT2D eigenvalue weighted by Gasteiger charge is -2.05. The zero-order valence-corrected chi connectivity index (χ0v) is 6.76. The molecule has 0 aromatic rings. The van der Waals surface area contributed by atoms with Gasteiger partial charge < -0.3 is 9.64 Å². The Hall–Kier alpha value is -0.730. The van der Waals surface area contributed by atoms with Crippen LogP contribution < -0.4 is 0 Å². The Morgan fingerprint density at radius 1 is 1.33 bits per heavy atom. The van der Waals surface area contributed by atoms with Crippen LogP contribution in [0.2, 0.25) is 0 Å². The molecule has 0 rings (SSSR count). The first-order chi connectivity index (χ1) is 4.18. The van der Waals surface area contributed by atoms with Crippen LogP contribution in [0.4, 0.5) is 4.79 Å². The number of hydrogen-bond donors (Lipinski definition) is 0. The summed E-state index contributed by atoms with van der Waals surface area (Å²) in [6.07, 6.45) is -0.319. The average Bonchev–Trinajstić information content (AvgIpc) is 1.91. The number of nitrogens with zero attached hydrogens (tertiary/aromatic N) is 1. The number of amides is 1. The predicted molar refractivity (Wildman–Crippen MR) is 37.4 cm³/mol. The maximum atomic E-state index is 10.2. The van der Waals surface area contributed by atoms with E-state index in [1.807, 2.05) is 13.8 Å². The minimum absolute atomic E-state index is 0.319. The molecule has 0 atom stereocenters. The summed E-state index contributed by atoms with van der Waals surface area (Å²) in [4.78, 5) is 11.6. The summed E-state index contributed by atoms with van der Waals surface area (Å²) < 4.78 is 4.30. The van der Waals surface area contributed by atoms with Crippen molar-refractivity contribution in [1.82, 2.24) is 4.90 Å². The van der Waals surface area contributed by atoms with E-state index in [0.29, 0.717) is 0 Å². The highest BCUT2D eigenvalue weighted by Crippen LogP contribution is 1.78. The smallest absolute Gasteiger partial charge is 0.408 e. The molecule has 56 valence electrons. The zero-order valence-electron chi connectivity index (χ0n) is 6.76. The van der Waals surface area contributed by atoms with Gasteiger partial charge in [0.1, 0.15) is 0 Å². The topological polar surface area (TPSA) is 29.5 Å². The molecule has 0 aromatic carbocycles. The second-order valence-electron chi connectivity index (χ2n) is 1.36. The molecular weight excluding hydrogens is 118 g/mol. The monoisotopic (exact) mass is 133 g/mol. The Balaban J connectivity index is 0. The minimum atomic E-state index is -0.319. The first kappa shape index (κ1) is 11.1. The second-order valence-corrected chi connectivity index (χ2v) is 1.36. The van der Waals surface area contributed by atoms with Crippen molar-refractivity contribution >= 4 is 6.09 Å². The highest BCUT2D eigenvalue weighted by Gasteiger charge is 1.97. The van der Waals surface area contributed by atoms with Crippen LogP contribution in [0.1, 0.15) is 13.8 Å². The average molecular weight is 133 g/mol. The molecule has 0 aliphatic carbocycles. The third kappa shape index (κ3) is 7.27. The summed E-state index contributed by atoms with van der Waals surface area (Å²) in [6, 6.07) is 0. The van der Waals surface area contributed by atoms with Gasteiger partial charge in [-0.1, -0.05) is 13.8 Å². The molecule has 0 aliphatic rings. The molecule has 0 spiro atoms. The number of carbonyl (C=O) groups is 1. The van der Waals surface area contributed by atoms with E-state index >= 15 is 0 Å². The van der Waals surface area contributed by atoms with Gasteiger partial charge in [-0.2, -0.15) is 0 Å². The van der Waals surface area contributed by atoms with Crippen molar-refractivity contribution in [2.75, 3.05) is 21.2 Å². The van der Waals surface area contributed by atoms with Gasteiger partial charge in [0.2, 0.25) is 0 Å². The molecular formula is C6H15NO2. The van der Waals surface area contributed by atoms with Crippen molar-refractivity contribution < 1.29 is 9.53 Å². The van der Waals surface area contributed by atoms with Crippen molar-refractivity contribution in [3.63, 3.8) is 0 Å². The van der Waals surface area contributed by atoms with Crippen molar-refractivity contribution in [3.8, 4) is 0 Å². The van der Waals surface area contributed by atoms with Gasteiger partial charge in [-0.25, -0.2) is 4.79 Å². The normalized spacial score (nSPS) is 6.78. The lowest BCUT2D eigenvalue weighted by atomic mass is 10.9. The van der Waals surface area contributed by atoms with Gasteiger partial charge in [-0.3, -0.25) is 0 Å². The molecule has 0 saturated carbocycles. The van der Waals surface area contributed by atoms with Crippen LogP contribution in [0, 0.1) is 0 Å². The summed E-state index contributed by atoms with van der Waals surface area (Å²) >= 11 is 0. The van der Waals surface area contributed by atoms with Crippen molar-refractivity contribution in [2.45, 2.75) is 13.8 Å². The highest BCUT2D eigenvalue weighted by atomic mass is 16.5. The fourth-order valence-electron chi connectivity index (χ4n) is 0.183. The summed E-state index contributed by atoms with van der Waals surface area (Å²) in [6.45, 7) is 4.00. The van der Waals surface area contributed by atoms with E-state index in [4.69, 9.17) is 0 Å². The van der Waals surface area contributed by atoms with Crippen molar-refractivity contribution in [3.05, 3.63) is 0 Å². The Morgan fingerprint density at radius 2 is 1.67 bits per heavy atom. The van der Waals surface area contributed by atoms with Crippen molar-refractivity contribution in [2.24, 2.45) is 0 Å². The second kappa shape index (κ2) is 7.27.